The summed E-state index contributed by atoms with van der Waals surface area (Å²) in [6, 6.07) is 4.93. The van der Waals surface area contributed by atoms with Crippen LogP contribution >= 0.6 is 12.2 Å². The smallest absolute Gasteiger partial charge is 0.169 e. The van der Waals surface area contributed by atoms with Crippen molar-refractivity contribution in [2.24, 2.45) is 0 Å². The molecule has 0 radical (unpaired) electrons. The summed E-state index contributed by atoms with van der Waals surface area (Å²) in [6.07, 6.45) is 5.45. The minimum Gasteiger partial charge on any atom is -0.467 e. The van der Waals surface area contributed by atoms with E-state index in [1.807, 2.05) is 12.1 Å². The van der Waals surface area contributed by atoms with Crippen LogP contribution in [0.5, 0.6) is 0 Å². The van der Waals surface area contributed by atoms with E-state index >= 15 is 0 Å². The van der Waals surface area contributed by atoms with E-state index in [-0.39, 0.29) is 0 Å². The number of hydrogen-bond acceptors (Lipinski definition) is 2. The van der Waals surface area contributed by atoms with Crippen LogP contribution in [0.2, 0.25) is 0 Å². The lowest BCUT2D eigenvalue weighted by atomic mass is 9.98. The Morgan fingerprint density at radius 1 is 1.47 bits per heavy atom. The van der Waals surface area contributed by atoms with Gasteiger partial charge in [0.1, 0.15) is 5.76 Å². The molecule has 3 nitrogen and oxygen atoms in total. The Bertz CT molecular complexity index is 354. The third-order valence-electron chi connectivity index (χ3n) is 3.42. The average molecular weight is 252 g/mol. The van der Waals surface area contributed by atoms with Gasteiger partial charge in [0, 0.05) is 12.1 Å². The summed E-state index contributed by atoms with van der Waals surface area (Å²) >= 11 is 5.47. The van der Waals surface area contributed by atoms with Gasteiger partial charge < -0.3 is 14.6 Å². The van der Waals surface area contributed by atoms with Crippen molar-refractivity contribution < 1.29 is 4.42 Å². The Morgan fingerprint density at radius 2 is 2.18 bits per heavy atom. The van der Waals surface area contributed by atoms with Gasteiger partial charge in [-0.1, -0.05) is 0 Å². The summed E-state index contributed by atoms with van der Waals surface area (Å²) in [4.78, 5) is 2.32. The summed E-state index contributed by atoms with van der Waals surface area (Å²) < 4.78 is 5.28. The molecule has 4 heteroatoms. The quantitative estimate of drug-likeness (QED) is 0.819. The lowest BCUT2D eigenvalue weighted by Crippen LogP contribution is -2.51. The molecule has 1 N–H and O–H groups in total. The lowest BCUT2D eigenvalue weighted by Gasteiger charge is -2.40. The molecule has 1 saturated heterocycles. The number of furan rings is 1. The van der Waals surface area contributed by atoms with Gasteiger partial charge in [0.2, 0.25) is 0 Å². The molecule has 1 aromatic rings. The third-order valence-corrected chi connectivity index (χ3v) is 3.78. The van der Waals surface area contributed by atoms with Crippen molar-refractivity contribution in [3.8, 4) is 0 Å². The minimum atomic E-state index is 0.537. The highest BCUT2D eigenvalue weighted by Crippen LogP contribution is 2.22. The van der Waals surface area contributed by atoms with Crippen LogP contribution in [-0.2, 0) is 6.54 Å². The molecular weight excluding hydrogens is 232 g/mol. The molecule has 1 aliphatic heterocycles. The molecular formula is C13H20N2OS. The second-order valence-electron chi connectivity index (χ2n) is 4.77. The summed E-state index contributed by atoms with van der Waals surface area (Å²) in [6.45, 7) is 5.16. The van der Waals surface area contributed by atoms with E-state index in [1.54, 1.807) is 6.26 Å². The Balaban J connectivity index is 1.90. The van der Waals surface area contributed by atoms with E-state index in [2.05, 4.69) is 24.1 Å². The van der Waals surface area contributed by atoms with Crippen LogP contribution in [-0.4, -0.2) is 22.1 Å². The Kier molecular flexibility index (Phi) is 4.05. The molecule has 0 saturated carbocycles. The van der Waals surface area contributed by atoms with Crippen molar-refractivity contribution in [3.05, 3.63) is 24.2 Å². The summed E-state index contributed by atoms with van der Waals surface area (Å²) in [5.41, 5.74) is 0. The predicted molar refractivity (Wildman–Crippen MR) is 72.8 cm³/mol. The highest BCUT2D eigenvalue weighted by atomic mass is 32.1. The number of nitrogens with zero attached hydrogens (tertiary/aromatic N) is 1. The van der Waals surface area contributed by atoms with Gasteiger partial charge >= 0.3 is 0 Å². The van der Waals surface area contributed by atoms with E-state index in [9.17, 15) is 0 Å². The number of hydrogen-bond donors (Lipinski definition) is 1. The standard InChI is InChI=1S/C13H20N2OS/c1-10-5-3-6-11(2)15(10)13(17)14-9-12-7-4-8-16-12/h4,7-8,10-11H,3,5-6,9H2,1-2H3,(H,14,17)/t10-,11+. The topological polar surface area (TPSA) is 28.4 Å². The SMILES string of the molecule is C[C@@H]1CCC[C@H](C)N1C(=S)NCc1ccco1. The molecule has 0 amide bonds. The molecule has 2 heterocycles. The van der Waals surface area contributed by atoms with Gasteiger partial charge in [-0.25, -0.2) is 0 Å². The molecule has 0 aromatic carbocycles. The van der Waals surface area contributed by atoms with Crippen molar-refractivity contribution in [2.45, 2.75) is 51.7 Å². The zero-order valence-corrected chi connectivity index (χ0v) is 11.3. The maximum atomic E-state index is 5.47. The van der Waals surface area contributed by atoms with E-state index in [0.29, 0.717) is 18.6 Å². The molecule has 1 aliphatic rings. The maximum absolute atomic E-state index is 5.47. The number of thiocarbonyl (C=S) groups is 1. The second-order valence-corrected chi connectivity index (χ2v) is 5.16. The fourth-order valence-corrected chi connectivity index (χ4v) is 2.92. The first-order chi connectivity index (χ1) is 8.18. The predicted octanol–water partition coefficient (Wildman–Crippen LogP) is 2.92. The summed E-state index contributed by atoms with van der Waals surface area (Å²) in [7, 11) is 0. The van der Waals surface area contributed by atoms with E-state index in [1.165, 1.54) is 19.3 Å². The van der Waals surface area contributed by atoms with E-state index < -0.39 is 0 Å². The number of piperidine rings is 1. The van der Waals surface area contributed by atoms with Crippen LogP contribution < -0.4 is 5.32 Å². The minimum absolute atomic E-state index is 0.537. The maximum Gasteiger partial charge on any atom is 0.169 e. The molecule has 1 fully saturated rings. The van der Waals surface area contributed by atoms with Gasteiger partial charge in [0.25, 0.3) is 0 Å². The number of rotatable bonds is 2. The van der Waals surface area contributed by atoms with E-state index in [0.717, 1.165) is 10.9 Å². The monoisotopic (exact) mass is 252 g/mol. The fourth-order valence-electron chi connectivity index (χ4n) is 2.49. The van der Waals surface area contributed by atoms with Gasteiger partial charge in [0.15, 0.2) is 5.11 Å². The summed E-state index contributed by atoms with van der Waals surface area (Å²) in [5, 5.41) is 4.13. The van der Waals surface area contributed by atoms with Crippen LogP contribution in [0.25, 0.3) is 0 Å². The van der Waals surface area contributed by atoms with Crippen LogP contribution in [0.15, 0.2) is 22.8 Å². The van der Waals surface area contributed by atoms with Crippen molar-refractivity contribution in [1.82, 2.24) is 10.2 Å². The Hall–Kier alpha value is -1.03. The van der Waals surface area contributed by atoms with Gasteiger partial charge in [-0.15, -0.1) is 0 Å². The molecule has 94 valence electrons. The first-order valence-corrected chi connectivity index (χ1v) is 6.68. The first-order valence-electron chi connectivity index (χ1n) is 6.27. The largest absolute Gasteiger partial charge is 0.467 e. The molecule has 1 aromatic heterocycles. The van der Waals surface area contributed by atoms with Gasteiger partial charge in [-0.2, -0.15) is 0 Å². The van der Waals surface area contributed by atoms with Crippen LogP contribution in [0.4, 0.5) is 0 Å². The summed E-state index contributed by atoms with van der Waals surface area (Å²) in [5.74, 6) is 0.921. The molecule has 2 rings (SSSR count). The Labute approximate surface area is 108 Å². The van der Waals surface area contributed by atoms with Crippen molar-refractivity contribution in [2.75, 3.05) is 0 Å². The van der Waals surface area contributed by atoms with Gasteiger partial charge in [-0.05, 0) is 57.5 Å². The van der Waals surface area contributed by atoms with Gasteiger partial charge in [-0.3, -0.25) is 0 Å². The van der Waals surface area contributed by atoms with Crippen molar-refractivity contribution in [1.29, 1.82) is 0 Å². The lowest BCUT2D eigenvalue weighted by molar-refractivity contribution is 0.189. The molecule has 17 heavy (non-hydrogen) atoms. The number of likely N-dealkylation sites (tertiary alicyclic amines) is 1. The average Bonchev–Trinajstić information content (AvgIpc) is 2.79. The van der Waals surface area contributed by atoms with E-state index in [4.69, 9.17) is 16.6 Å². The first kappa shape index (κ1) is 12.4. The van der Waals surface area contributed by atoms with Crippen LogP contribution in [0, 0.1) is 0 Å². The van der Waals surface area contributed by atoms with Crippen LogP contribution in [0.3, 0.4) is 0 Å². The highest BCUT2D eigenvalue weighted by molar-refractivity contribution is 7.80. The van der Waals surface area contributed by atoms with Crippen LogP contribution in [0.1, 0.15) is 38.9 Å². The van der Waals surface area contributed by atoms with Crippen molar-refractivity contribution >= 4 is 17.3 Å². The second kappa shape index (κ2) is 5.54. The van der Waals surface area contributed by atoms with Crippen molar-refractivity contribution in [3.63, 3.8) is 0 Å². The van der Waals surface area contributed by atoms with Gasteiger partial charge in [0.05, 0.1) is 12.8 Å². The number of nitrogens with one attached hydrogen (secondary N) is 1. The zero-order valence-electron chi connectivity index (χ0n) is 10.5. The molecule has 2 atom stereocenters. The zero-order chi connectivity index (χ0) is 12.3. The molecule has 0 aliphatic carbocycles. The normalized spacial score (nSPS) is 24.7. The third kappa shape index (κ3) is 3.00. The fraction of sp³-hybridized carbons (Fsp3) is 0.615. The Morgan fingerprint density at radius 3 is 2.76 bits per heavy atom. The molecule has 0 spiro atoms. The molecule has 0 bridgehead atoms. The molecule has 0 unspecified atom stereocenters. The highest BCUT2D eigenvalue weighted by Gasteiger charge is 2.26.